The summed E-state index contributed by atoms with van der Waals surface area (Å²) in [4.78, 5) is 35.9. The van der Waals surface area contributed by atoms with Crippen LogP contribution < -0.4 is 10.2 Å². The number of benzene rings is 1. The second-order valence-electron chi connectivity index (χ2n) is 7.94. The van der Waals surface area contributed by atoms with Gasteiger partial charge in [-0.3, -0.25) is 14.6 Å². The van der Waals surface area contributed by atoms with Crippen molar-refractivity contribution in [1.82, 2.24) is 14.8 Å². The van der Waals surface area contributed by atoms with Crippen molar-refractivity contribution in [3.8, 4) is 0 Å². The Morgan fingerprint density at radius 2 is 2.00 bits per heavy atom. The van der Waals surface area contributed by atoms with Crippen LogP contribution in [0.15, 0.2) is 42.6 Å². The molecule has 1 N–H and O–H groups in total. The molecular formula is C22H26ClN5O2. The van der Waals surface area contributed by atoms with Crippen molar-refractivity contribution in [2.75, 3.05) is 50.0 Å². The molecule has 2 saturated heterocycles. The van der Waals surface area contributed by atoms with Crippen molar-refractivity contribution in [3.63, 3.8) is 0 Å². The summed E-state index contributed by atoms with van der Waals surface area (Å²) in [5, 5.41) is 3.61. The predicted molar refractivity (Wildman–Crippen MR) is 118 cm³/mol. The smallest absolute Gasteiger partial charge is 0.229 e. The third-order valence-electron chi connectivity index (χ3n) is 5.72. The highest BCUT2D eigenvalue weighted by atomic mass is 35.5. The third kappa shape index (κ3) is 4.74. The predicted octanol–water partition coefficient (Wildman–Crippen LogP) is 2.47. The third-order valence-corrected chi connectivity index (χ3v) is 5.96. The van der Waals surface area contributed by atoms with Crippen molar-refractivity contribution >= 4 is 34.8 Å². The Labute approximate surface area is 181 Å². The molecular weight excluding hydrogens is 402 g/mol. The molecule has 0 aliphatic carbocycles. The van der Waals surface area contributed by atoms with Gasteiger partial charge in [-0.1, -0.05) is 17.7 Å². The molecule has 30 heavy (non-hydrogen) atoms. The molecule has 2 amide bonds. The van der Waals surface area contributed by atoms with Gasteiger partial charge in [-0.15, -0.1) is 0 Å². The lowest BCUT2D eigenvalue weighted by atomic mass is 10.1. The molecule has 4 rings (SSSR count). The molecule has 0 radical (unpaired) electrons. The van der Waals surface area contributed by atoms with Crippen LogP contribution in [0.4, 0.5) is 11.4 Å². The van der Waals surface area contributed by atoms with Crippen LogP contribution in [0.2, 0.25) is 5.02 Å². The molecule has 2 aliphatic heterocycles. The summed E-state index contributed by atoms with van der Waals surface area (Å²) in [6.07, 6.45) is 1.92. The zero-order chi connectivity index (χ0) is 21.1. The van der Waals surface area contributed by atoms with E-state index in [0.717, 1.165) is 37.6 Å². The molecule has 1 aromatic carbocycles. The van der Waals surface area contributed by atoms with Gasteiger partial charge in [-0.25, -0.2) is 0 Å². The number of hydrogen-bond acceptors (Lipinski definition) is 5. The lowest BCUT2D eigenvalue weighted by Crippen LogP contribution is -2.44. The first-order chi connectivity index (χ1) is 14.5. The van der Waals surface area contributed by atoms with E-state index < -0.39 is 0 Å². The van der Waals surface area contributed by atoms with Gasteiger partial charge in [0, 0.05) is 50.4 Å². The Morgan fingerprint density at radius 1 is 1.20 bits per heavy atom. The number of aromatic nitrogens is 1. The second-order valence-corrected chi connectivity index (χ2v) is 8.37. The largest absolute Gasteiger partial charge is 0.367 e. The number of carbonyl (C=O) groups is 2. The van der Waals surface area contributed by atoms with E-state index in [1.165, 1.54) is 0 Å². The fraction of sp³-hybridized carbons (Fsp3) is 0.409. The van der Waals surface area contributed by atoms with Crippen LogP contribution in [-0.2, 0) is 16.1 Å². The number of amides is 2. The molecule has 2 aromatic rings. The minimum atomic E-state index is -0.388. The van der Waals surface area contributed by atoms with E-state index in [1.807, 2.05) is 30.3 Å². The number of carbonyl (C=O) groups excluding carboxylic acids is 2. The van der Waals surface area contributed by atoms with Gasteiger partial charge >= 0.3 is 0 Å². The highest BCUT2D eigenvalue weighted by Crippen LogP contribution is 2.31. The highest BCUT2D eigenvalue weighted by molar-refractivity contribution is 6.31. The molecule has 158 valence electrons. The summed E-state index contributed by atoms with van der Waals surface area (Å²) in [7, 11) is 2.11. The maximum absolute atomic E-state index is 13.0. The Kier molecular flexibility index (Phi) is 6.20. The Bertz CT molecular complexity index is 915. The average Bonchev–Trinajstić information content (AvgIpc) is 3.10. The SMILES string of the molecule is CN1CCN(c2ccc(Cl)cc2NC(=O)C2CC(=O)N(Cc3ccccn3)C2)CC1. The van der Waals surface area contributed by atoms with E-state index in [4.69, 9.17) is 11.6 Å². The Hall–Kier alpha value is -2.64. The van der Waals surface area contributed by atoms with Crippen molar-refractivity contribution in [2.45, 2.75) is 13.0 Å². The molecule has 8 heteroatoms. The van der Waals surface area contributed by atoms with Crippen LogP contribution in [0.25, 0.3) is 0 Å². The minimum Gasteiger partial charge on any atom is -0.367 e. The number of pyridine rings is 1. The number of anilines is 2. The van der Waals surface area contributed by atoms with E-state index in [2.05, 4.69) is 27.1 Å². The molecule has 1 atom stereocenters. The maximum Gasteiger partial charge on any atom is 0.229 e. The first-order valence-corrected chi connectivity index (χ1v) is 10.6. The van der Waals surface area contributed by atoms with E-state index in [9.17, 15) is 9.59 Å². The van der Waals surface area contributed by atoms with Crippen LogP contribution in [-0.4, -0.2) is 66.4 Å². The number of hydrogen-bond donors (Lipinski definition) is 1. The van der Waals surface area contributed by atoms with E-state index in [1.54, 1.807) is 17.2 Å². The summed E-state index contributed by atoms with van der Waals surface area (Å²) in [6, 6.07) is 11.2. The van der Waals surface area contributed by atoms with E-state index >= 15 is 0 Å². The number of nitrogens with one attached hydrogen (secondary N) is 1. The quantitative estimate of drug-likeness (QED) is 0.793. The first kappa shape index (κ1) is 20.6. The lowest BCUT2D eigenvalue weighted by Gasteiger charge is -2.35. The van der Waals surface area contributed by atoms with Gasteiger partial charge in [0.2, 0.25) is 11.8 Å². The van der Waals surface area contributed by atoms with E-state index in [0.29, 0.717) is 23.8 Å². The Balaban J connectivity index is 1.44. The standard InChI is InChI=1S/C22H26ClN5O2/c1-26-8-10-27(11-9-26)20-6-5-17(23)13-19(20)25-22(30)16-12-21(29)28(14-16)15-18-4-2-3-7-24-18/h2-7,13,16H,8-12,14-15H2,1H3,(H,25,30). The van der Waals surface area contributed by atoms with Gasteiger partial charge in [0.1, 0.15) is 0 Å². The fourth-order valence-corrected chi connectivity index (χ4v) is 4.13. The molecule has 1 unspecified atom stereocenters. The average molecular weight is 428 g/mol. The van der Waals surface area contributed by atoms with Crippen molar-refractivity contribution in [1.29, 1.82) is 0 Å². The van der Waals surface area contributed by atoms with Gasteiger partial charge in [0.05, 0.1) is 29.5 Å². The number of halogens is 1. The van der Waals surface area contributed by atoms with Crippen LogP contribution in [0.3, 0.4) is 0 Å². The summed E-state index contributed by atoms with van der Waals surface area (Å²) in [5.74, 6) is -0.559. The van der Waals surface area contributed by atoms with Gasteiger partial charge in [0.15, 0.2) is 0 Å². The number of likely N-dealkylation sites (tertiary alicyclic amines) is 1. The zero-order valence-corrected chi connectivity index (χ0v) is 17.8. The molecule has 2 aliphatic rings. The summed E-state index contributed by atoms with van der Waals surface area (Å²) in [6.45, 7) is 4.53. The molecule has 7 nitrogen and oxygen atoms in total. The molecule has 1 aromatic heterocycles. The topological polar surface area (TPSA) is 68.8 Å². The number of nitrogens with zero attached hydrogens (tertiary/aromatic N) is 4. The monoisotopic (exact) mass is 427 g/mol. The molecule has 0 spiro atoms. The van der Waals surface area contributed by atoms with Gasteiger partial charge in [0.25, 0.3) is 0 Å². The van der Waals surface area contributed by atoms with E-state index in [-0.39, 0.29) is 24.2 Å². The molecule has 0 bridgehead atoms. The second kappa shape index (κ2) is 9.02. The highest BCUT2D eigenvalue weighted by Gasteiger charge is 2.35. The van der Waals surface area contributed by atoms with Crippen LogP contribution >= 0.6 is 11.6 Å². The van der Waals surface area contributed by atoms with Gasteiger partial charge in [-0.2, -0.15) is 0 Å². The lowest BCUT2D eigenvalue weighted by molar-refractivity contribution is -0.128. The fourth-order valence-electron chi connectivity index (χ4n) is 3.95. The van der Waals surface area contributed by atoms with Gasteiger partial charge in [-0.05, 0) is 37.4 Å². The maximum atomic E-state index is 13.0. The van der Waals surface area contributed by atoms with Crippen LogP contribution in [0.5, 0.6) is 0 Å². The van der Waals surface area contributed by atoms with Crippen molar-refractivity contribution in [2.24, 2.45) is 5.92 Å². The normalized spacial score (nSPS) is 19.9. The first-order valence-electron chi connectivity index (χ1n) is 10.2. The summed E-state index contributed by atoms with van der Waals surface area (Å²) < 4.78 is 0. The summed E-state index contributed by atoms with van der Waals surface area (Å²) in [5.41, 5.74) is 2.49. The molecule has 2 fully saturated rings. The Morgan fingerprint density at radius 3 is 2.73 bits per heavy atom. The number of piperazine rings is 1. The minimum absolute atomic E-state index is 0.0220. The number of likely N-dealkylation sites (N-methyl/N-ethyl adjacent to an activating group) is 1. The van der Waals surface area contributed by atoms with Crippen LogP contribution in [0.1, 0.15) is 12.1 Å². The van der Waals surface area contributed by atoms with Crippen LogP contribution in [0, 0.1) is 5.92 Å². The van der Waals surface area contributed by atoms with Crippen molar-refractivity contribution in [3.05, 3.63) is 53.3 Å². The van der Waals surface area contributed by atoms with Gasteiger partial charge < -0.3 is 20.0 Å². The zero-order valence-electron chi connectivity index (χ0n) is 17.1. The number of rotatable bonds is 5. The molecule has 0 saturated carbocycles. The molecule has 3 heterocycles. The van der Waals surface area contributed by atoms with Crippen molar-refractivity contribution < 1.29 is 9.59 Å². The summed E-state index contributed by atoms with van der Waals surface area (Å²) >= 11 is 6.21.